The molecule has 1 aromatic rings. The third-order valence-corrected chi connectivity index (χ3v) is 7.67. The Hall–Kier alpha value is -2.02. The van der Waals surface area contributed by atoms with E-state index in [0.29, 0.717) is 11.2 Å². The number of alkyl halides is 9. The number of ether oxygens (including phenoxy) is 1. The minimum Gasteiger partial charge on any atom is -0.307 e. The summed E-state index contributed by atoms with van der Waals surface area (Å²) in [7, 11) is -2.20. The SMILES string of the molecule is C=CC[Si](C)(C)c1cccc(N(CC)C(=O)C(F)(OC(F)(F)CC(F)(F)F)C(F)(F)F)c1. The molecule has 0 saturated carbocycles. The molecule has 0 radical (unpaired) electrons. The van der Waals surface area contributed by atoms with E-state index in [1.165, 1.54) is 12.1 Å². The van der Waals surface area contributed by atoms with Crippen molar-refractivity contribution in [3.8, 4) is 0 Å². The molecular formula is C19H22F9NO2Si. The molecule has 13 heteroatoms. The highest BCUT2D eigenvalue weighted by atomic mass is 28.3. The number of allylic oxidation sites excluding steroid dienone is 1. The van der Waals surface area contributed by atoms with Gasteiger partial charge in [0.05, 0.1) is 8.07 Å². The van der Waals surface area contributed by atoms with Gasteiger partial charge in [-0.1, -0.05) is 36.5 Å². The highest BCUT2D eigenvalue weighted by Gasteiger charge is 2.69. The molecule has 0 bridgehead atoms. The number of rotatable bonds is 9. The Labute approximate surface area is 179 Å². The van der Waals surface area contributed by atoms with Crippen molar-refractivity contribution < 1.29 is 49.0 Å². The van der Waals surface area contributed by atoms with Crippen molar-refractivity contribution in [2.75, 3.05) is 11.4 Å². The second-order valence-electron chi connectivity index (χ2n) is 7.60. The van der Waals surface area contributed by atoms with Gasteiger partial charge in [0.15, 0.2) is 0 Å². The van der Waals surface area contributed by atoms with Gasteiger partial charge >= 0.3 is 30.2 Å². The molecule has 0 spiro atoms. The number of anilines is 1. The molecule has 0 aliphatic rings. The van der Waals surface area contributed by atoms with Crippen molar-refractivity contribution in [3.05, 3.63) is 36.9 Å². The van der Waals surface area contributed by atoms with Gasteiger partial charge in [0.25, 0.3) is 0 Å². The van der Waals surface area contributed by atoms with Crippen molar-refractivity contribution in [1.82, 2.24) is 0 Å². The van der Waals surface area contributed by atoms with E-state index in [9.17, 15) is 44.3 Å². The number of carbonyl (C=O) groups is 1. The molecular weight excluding hydrogens is 473 g/mol. The highest BCUT2D eigenvalue weighted by molar-refractivity contribution is 6.90. The fourth-order valence-corrected chi connectivity index (χ4v) is 4.93. The number of hydrogen-bond donors (Lipinski definition) is 0. The Kier molecular flexibility index (Phi) is 8.28. The Balaban J connectivity index is 3.45. The zero-order valence-corrected chi connectivity index (χ0v) is 18.4. The Bertz CT molecular complexity index is 824. The number of halogens is 9. The van der Waals surface area contributed by atoms with Crippen molar-refractivity contribution in [3.63, 3.8) is 0 Å². The average molecular weight is 495 g/mol. The molecule has 1 unspecified atom stereocenters. The summed E-state index contributed by atoms with van der Waals surface area (Å²) >= 11 is 0. The lowest BCUT2D eigenvalue weighted by molar-refractivity contribution is -0.406. The summed E-state index contributed by atoms with van der Waals surface area (Å²) in [5.74, 6) is -8.34. The minimum atomic E-state index is -6.39. The molecule has 1 atom stereocenters. The fraction of sp³-hybridized carbons (Fsp3) is 0.526. The Morgan fingerprint density at radius 2 is 1.66 bits per heavy atom. The minimum absolute atomic E-state index is 0.194. The lowest BCUT2D eigenvalue weighted by Gasteiger charge is -2.34. The largest absolute Gasteiger partial charge is 0.458 e. The molecule has 0 heterocycles. The van der Waals surface area contributed by atoms with Crippen molar-refractivity contribution >= 4 is 24.9 Å². The quantitative estimate of drug-likeness (QED) is 0.242. The highest BCUT2D eigenvalue weighted by Crippen LogP contribution is 2.44. The molecule has 0 saturated heterocycles. The molecule has 182 valence electrons. The lowest BCUT2D eigenvalue weighted by Crippen LogP contribution is -2.60. The number of hydrogen-bond acceptors (Lipinski definition) is 2. The predicted octanol–water partition coefficient (Wildman–Crippen LogP) is 5.93. The molecule has 32 heavy (non-hydrogen) atoms. The van der Waals surface area contributed by atoms with Gasteiger partial charge in [0.2, 0.25) is 0 Å². The van der Waals surface area contributed by atoms with Crippen LogP contribution in [-0.4, -0.2) is 44.8 Å². The van der Waals surface area contributed by atoms with Gasteiger partial charge in [0, 0.05) is 12.2 Å². The molecule has 3 nitrogen and oxygen atoms in total. The fourth-order valence-electron chi connectivity index (χ4n) is 2.89. The van der Waals surface area contributed by atoms with E-state index in [2.05, 4.69) is 11.3 Å². The van der Waals surface area contributed by atoms with Crippen LogP contribution < -0.4 is 10.1 Å². The van der Waals surface area contributed by atoms with Gasteiger partial charge in [0.1, 0.15) is 6.42 Å². The summed E-state index contributed by atoms with van der Waals surface area (Å²) in [6, 6.07) is 6.03. The van der Waals surface area contributed by atoms with Crippen molar-refractivity contribution in [1.29, 1.82) is 0 Å². The predicted molar refractivity (Wildman–Crippen MR) is 103 cm³/mol. The second kappa shape index (κ2) is 9.46. The summed E-state index contributed by atoms with van der Waals surface area (Å²) in [5, 5.41) is 0.640. The van der Waals surface area contributed by atoms with E-state index in [1.807, 2.05) is 13.1 Å². The van der Waals surface area contributed by atoms with Crippen LogP contribution in [0, 0.1) is 0 Å². The maximum Gasteiger partial charge on any atom is 0.458 e. The van der Waals surface area contributed by atoms with Crippen LogP contribution in [-0.2, 0) is 9.53 Å². The van der Waals surface area contributed by atoms with Gasteiger partial charge in [-0.15, -0.1) is 6.58 Å². The van der Waals surface area contributed by atoms with E-state index >= 15 is 0 Å². The van der Waals surface area contributed by atoms with Gasteiger partial charge in [-0.25, -0.2) is 0 Å². The van der Waals surface area contributed by atoms with Crippen LogP contribution in [0.5, 0.6) is 0 Å². The first-order chi connectivity index (χ1) is 14.3. The van der Waals surface area contributed by atoms with Crippen LogP contribution in [0.2, 0.25) is 19.1 Å². The number of likely N-dealkylation sites (N-methyl/N-ethyl adjacent to an activating group) is 1. The second-order valence-corrected chi connectivity index (χ2v) is 12.4. The zero-order chi connectivity index (χ0) is 25.2. The van der Waals surface area contributed by atoms with Gasteiger partial charge in [-0.05, 0) is 25.1 Å². The molecule has 0 aliphatic heterocycles. The van der Waals surface area contributed by atoms with Crippen molar-refractivity contribution in [2.45, 2.75) is 56.8 Å². The standard InChI is InChI=1S/C19H22F9NO2Si/c1-5-10-32(3,4)14-9-7-8-13(11-14)29(6-2)15(30)18(25,19(26,27)28)31-17(23,24)12-16(20,21)22/h5,7-9,11H,1,6,10,12H2,2-4H3. The molecule has 0 aromatic heterocycles. The molecule has 0 fully saturated rings. The van der Waals surface area contributed by atoms with Crippen LogP contribution in [0.1, 0.15) is 13.3 Å². The van der Waals surface area contributed by atoms with Crippen LogP contribution in [0.3, 0.4) is 0 Å². The van der Waals surface area contributed by atoms with Gasteiger partial charge in [-0.2, -0.15) is 39.5 Å². The zero-order valence-electron chi connectivity index (χ0n) is 17.4. The summed E-state index contributed by atoms with van der Waals surface area (Å²) in [5.41, 5.74) is -0.256. The monoisotopic (exact) mass is 495 g/mol. The van der Waals surface area contributed by atoms with Gasteiger partial charge < -0.3 is 4.90 Å². The summed E-state index contributed by atoms with van der Waals surface area (Å²) in [6.45, 7) is 7.93. The van der Waals surface area contributed by atoms with Gasteiger partial charge in [-0.3, -0.25) is 9.53 Å². The van der Waals surface area contributed by atoms with Crippen molar-refractivity contribution in [2.24, 2.45) is 0 Å². The molecule has 1 rings (SSSR count). The van der Waals surface area contributed by atoms with Crippen LogP contribution in [0.25, 0.3) is 0 Å². The van der Waals surface area contributed by atoms with Crippen LogP contribution in [0.15, 0.2) is 36.9 Å². The summed E-state index contributed by atoms with van der Waals surface area (Å²) in [6.07, 6.45) is -19.3. The first-order valence-electron chi connectivity index (χ1n) is 9.23. The number of carbonyl (C=O) groups excluding carboxylic acids is 1. The van der Waals surface area contributed by atoms with Crippen LogP contribution >= 0.6 is 0 Å². The molecule has 1 aromatic carbocycles. The number of amides is 1. The normalized spacial score (nSPS) is 15.2. The molecule has 1 amide bonds. The van der Waals surface area contributed by atoms with E-state index in [4.69, 9.17) is 0 Å². The first-order valence-corrected chi connectivity index (χ1v) is 12.4. The average Bonchev–Trinajstić information content (AvgIpc) is 2.59. The van der Waals surface area contributed by atoms with Crippen LogP contribution in [0.4, 0.5) is 45.2 Å². The first kappa shape index (κ1) is 28.0. The lowest BCUT2D eigenvalue weighted by atomic mass is 10.2. The Morgan fingerprint density at radius 3 is 2.09 bits per heavy atom. The third-order valence-electron chi connectivity index (χ3n) is 4.49. The number of nitrogens with zero attached hydrogens (tertiary/aromatic N) is 1. The molecule has 0 N–H and O–H groups in total. The maximum atomic E-state index is 14.8. The maximum absolute atomic E-state index is 14.8. The summed E-state index contributed by atoms with van der Waals surface area (Å²) in [4.78, 5) is 12.7. The summed E-state index contributed by atoms with van der Waals surface area (Å²) < 4.78 is 122. The molecule has 0 aliphatic carbocycles. The van der Waals surface area contributed by atoms with E-state index < -0.39 is 51.3 Å². The Morgan fingerprint density at radius 1 is 1.09 bits per heavy atom. The third kappa shape index (κ3) is 6.74. The van der Waals surface area contributed by atoms with E-state index in [-0.39, 0.29) is 10.6 Å². The van der Waals surface area contributed by atoms with E-state index in [0.717, 1.165) is 13.0 Å². The van der Waals surface area contributed by atoms with E-state index in [1.54, 1.807) is 12.1 Å². The topological polar surface area (TPSA) is 29.5 Å². The smallest absolute Gasteiger partial charge is 0.307 e. The number of benzene rings is 1.